The summed E-state index contributed by atoms with van der Waals surface area (Å²) in [6, 6.07) is 7.23. The van der Waals surface area contributed by atoms with Crippen molar-refractivity contribution in [2.24, 2.45) is 5.73 Å². The van der Waals surface area contributed by atoms with E-state index in [1.807, 2.05) is 6.33 Å². The van der Waals surface area contributed by atoms with Gasteiger partial charge in [-0.05, 0) is 50.7 Å². The van der Waals surface area contributed by atoms with Gasteiger partial charge in [-0.1, -0.05) is 0 Å². The molecule has 0 saturated heterocycles. The minimum absolute atomic E-state index is 0.389. The molecule has 4 heteroatoms. The second-order valence-electron chi connectivity index (χ2n) is 6.19. The molecule has 20 heavy (non-hydrogen) atoms. The maximum absolute atomic E-state index is 5.99. The number of fused-ring (bicyclic) bond motifs is 1. The molecule has 4 nitrogen and oxygen atoms in total. The molecular formula is C16H21N3O. The molecule has 0 amide bonds. The summed E-state index contributed by atoms with van der Waals surface area (Å²) in [5, 5.41) is 0. The fraction of sp³-hybridized carbons (Fsp3) is 0.562. The molecule has 1 heterocycles. The molecule has 2 N–H and O–H groups in total. The lowest BCUT2D eigenvalue weighted by Gasteiger charge is -2.27. The second-order valence-corrected chi connectivity index (χ2v) is 6.19. The van der Waals surface area contributed by atoms with Crippen LogP contribution in [-0.2, 0) is 0 Å². The zero-order valence-corrected chi connectivity index (χ0v) is 11.7. The minimum atomic E-state index is 0.389. The number of imidazole rings is 1. The summed E-state index contributed by atoms with van der Waals surface area (Å²) in [4.78, 5) is 4.55. The summed E-state index contributed by atoms with van der Waals surface area (Å²) in [5.74, 6) is 0.955. The molecule has 2 saturated carbocycles. The summed E-state index contributed by atoms with van der Waals surface area (Å²) in [7, 11) is 0. The third-order valence-electron chi connectivity index (χ3n) is 4.51. The Kier molecular flexibility index (Phi) is 2.91. The number of nitrogens with zero attached hydrogens (tertiary/aromatic N) is 2. The molecule has 2 aromatic rings. The molecule has 2 aliphatic rings. The number of hydrogen-bond donors (Lipinski definition) is 1. The molecule has 0 aliphatic heterocycles. The number of hydrogen-bond acceptors (Lipinski definition) is 3. The molecule has 1 aromatic heterocycles. The van der Waals surface area contributed by atoms with Crippen LogP contribution in [0.1, 0.15) is 44.6 Å². The average molecular weight is 271 g/mol. The molecule has 0 radical (unpaired) electrons. The standard InChI is InChI=1S/C16H21N3O/c17-11-1-3-12(4-2-11)19-10-18-15-9-14(7-8-16(15)19)20-13-5-6-13/h7-13H,1-6,17H2. The number of rotatable bonds is 3. The molecule has 0 spiro atoms. The topological polar surface area (TPSA) is 53.1 Å². The van der Waals surface area contributed by atoms with Crippen LogP contribution in [-0.4, -0.2) is 21.7 Å². The summed E-state index contributed by atoms with van der Waals surface area (Å²) < 4.78 is 8.16. The first kappa shape index (κ1) is 12.2. The van der Waals surface area contributed by atoms with Crippen LogP contribution in [0.4, 0.5) is 0 Å². The van der Waals surface area contributed by atoms with Crippen molar-refractivity contribution in [3.63, 3.8) is 0 Å². The minimum Gasteiger partial charge on any atom is -0.490 e. The molecular weight excluding hydrogens is 250 g/mol. The van der Waals surface area contributed by atoms with Gasteiger partial charge in [0.1, 0.15) is 5.75 Å². The van der Waals surface area contributed by atoms with Crippen LogP contribution in [0.2, 0.25) is 0 Å². The fourth-order valence-corrected chi connectivity index (χ4v) is 3.13. The van der Waals surface area contributed by atoms with E-state index in [2.05, 4.69) is 27.8 Å². The Labute approximate surface area is 118 Å². The van der Waals surface area contributed by atoms with Crippen LogP contribution in [0.15, 0.2) is 24.5 Å². The van der Waals surface area contributed by atoms with Crippen molar-refractivity contribution < 1.29 is 4.74 Å². The van der Waals surface area contributed by atoms with Gasteiger partial charge in [-0.15, -0.1) is 0 Å². The van der Waals surface area contributed by atoms with Gasteiger partial charge in [0.05, 0.1) is 23.5 Å². The lowest BCUT2D eigenvalue weighted by atomic mass is 9.91. The fourth-order valence-electron chi connectivity index (χ4n) is 3.13. The molecule has 4 rings (SSSR count). The Morgan fingerprint density at radius 2 is 1.90 bits per heavy atom. The number of benzene rings is 1. The van der Waals surface area contributed by atoms with Crippen LogP contribution >= 0.6 is 0 Å². The monoisotopic (exact) mass is 271 g/mol. The zero-order chi connectivity index (χ0) is 13.5. The van der Waals surface area contributed by atoms with E-state index in [4.69, 9.17) is 10.5 Å². The van der Waals surface area contributed by atoms with Gasteiger partial charge >= 0.3 is 0 Å². The van der Waals surface area contributed by atoms with Gasteiger partial charge in [-0.2, -0.15) is 0 Å². The normalized spacial score (nSPS) is 26.9. The highest BCUT2D eigenvalue weighted by atomic mass is 16.5. The second kappa shape index (κ2) is 4.77. The van der Waals surface area contributed by atoms with Crippen LogP contribution in [0, 0.1) is 0 Å². The van der Waals surface area contributed by atoms with Gasteiger partial charge in [0, 0.05) is 18.2 Å². The van der Waals surface area contributed by atoms with Gasteiger partial charge in [0.15, 0.2) is 0 Å². The lowest BCUT2D eigenvalue weighted by Crippen LogP contribution is -2.27. The van der Waals surface area contributed by atoms with E-state index < -0.39 is 0 Å². The van der Waals surface area contributed by atoms with E-state index in [0.717, 1.165) is 36.9 Å². The van der Waals surface area contributed by atoms with E-state index in [-0.39, 0.29) is 0 Å². The van der Waals surface area contributed by atoms with Gasteiger partial charge in [-0.25, -0.2) is 4.98 Å². The lowest BCUT2D eigenvalue weighted by molar-refractivity contribution is 0.303. The predicted molar refractivity (Wildman–Crippen MR) is 78.9 cm³/mol. The number of ether oxygens (including phenoxy) is 1. The van der Waals surface area contributed by atoms with Gasteiger partial charge < -0.3 is 15.0 Å². The Balaban J connectivity index is 1.60. The zero-order valence-electron chi connectivity index (χ0n) is 11.7. The Morgan fingerprint density at radius 3 is 2.65 bits per heavy atom. The first-order valence-electron chi connectivity index (χ1n) is 7.68. The van der Waals surface area contributed by atoms with Crippen molar-refractivity contribution in [1.82, 2.24) is 9.55 Å². The van der Waals surface area contributed by atoms with Crippen LogP contribution < -0.4 is 10.5 Å². The van der Waals surface area contributed by atoms with E-state index in [1.165, 1.54) is 18.4 Å². The van der Waals surface area contributed by atoms with E-state index in [1.54, 1.807) is 0 Å². The summed E-state index contributed by atoms with van der Waals surface area (Å²) >= 11 is 0. The van der Waals surface area contributed by atoms with Crippen LogP contribution in [0.3, 0.4) is 0 Å². The average Bonchev–Trinajstić information content (AvgIpc) is 3.17. The van der Waals surface area contributed by atoms with Crippen molar-refractivity contribution in [2.45, 2.75) is 56.7 Å². The molecule has 106 valence electrons. The third kappa shape index (κ3) is 2.29. The summed E-state index contributed by atoms with van der Waals surface area (Å²) in [6.45, 7) is 0. The predicted octanol–water partition coefficient (Wildman–Crippen LogP) is 3.02. The number of aromatic nitrogens is 2. The van der Waals surface area contributed by atoms with Crippen molar-refractivity contribution in [3.8, 4) is 5.75 Å². The van der Waals surface area contributed by atoms with Gasteiger partial charge in [-0.3, -0.25) is 0 Å². The maximum atomic E-state index is 5.99. The summed E-state index contributed by atoms with van der Waals surface area (Å²) in [5.41, 5.74) is 8.25. The number of nitrogens with two attached hydrogens (primary N) is 1. The van der Waals surface area contributed by atoms with Crippen molar-refractivity contribution in [1.29, 1.82) is 0 Å². The van der Waals surface area contributed by atoms with Gasteiger partial charge in [0.25, 0.3) is 0 Å². The van der Waals surface area contributed by atoms with Crippen molar-refractivity contribution in [3.05, 3.63) is 24.5 Å². The van der Waals surface area contributed by atoms with Crippen molar-refractivity contribution in [2.75, 3.05) is 0 Å². The van der Waals surface area contributed by atoms with Crippen LogP contribution in [0.25, 0.3) is 11.0 Å². The third-order valence-corrected chi connectivity index (χ3v) is 4.51. The molecule has 1 aromatic carbocycles. The first-order valence-corrected chi connectivity index (χ1v) is 7.68. The Bertz CT molecular complexity index is 609. The maximum Gasteiger partial charge on any atom is 0.122 e. The quantitative estimate of drug-likeness (QED) is 0.933. The van der Waals surface area contributed by atoms with E-state index in [9.17, 15) is 0 Å². The molecule has 0 atom stereocenters. The Hall–Kier alpha value is -1.55. The highest BCUT2D eigenvalue weighted by molar-refractivity contribution is 5.77. The largest absolute Gasteiger partial charge is 0.490 e. The molecule has 2 aliphatic carbocycles. The Morgan fingerprint density at radius 1 is 1.10 bits per heavy atom. The first-order chi connectivity index (χ1) is 9.79. The van der Waals surface area contributed by atoms with E-state index >= 15 is 0 Å². The molecule has 2 fully saturated rings. The van der Waals surface area contributed by atoms with Crippen molar-refractivity contribution >= 4 is 11.0 Å². The summed E-state index contributed by atoms with van der Waals surface area (Å²) in [6.07, 6.45) is 9.35. The highest BCUT2D eigenvalue weighted by Gasteiger charge is 2.24. The van der Waals surface area contributed by atoms with E-state index in [0.29, 0.717) is 18.2 Å². The molecule has 0 bridgehead atoms. The smallest absolute Gasteiger partial charge is 0.122 e. The highest BCUT2D eigenvalue weighted by Crippen LogP contribution is 2.32. The molecule has 0 unspecified atom stereocenters. The SMILES string of the molecule is NC1CCC(n2cnc3cc(OC4CC4)ccc32)CC1. The van der Waals surface area contributed by atoms with Crippen LogP contribution in [0.5, 0.6) is 5.75 Å². The van der Waals surface area contributed by atoms with Gasteiger partial charge in [0.2, 0.25) is 0 Å².